The summed E-state index contributed by atoms with van der Waals surface area (Å²) >= 11 is 0. The number of fused-ring (bicyclic) bond motifs is 3. The molecule has 0 spiro atoms. The number of anilines is 2. The van der Waals surface area contributed by atoms with E-state index in [-0.39, 0.29) is 6.10 Å². The minimum absolute atomic E-state index is 0.0982. The summed E-state index contributed by atoms with van der Waals surface area (Å²) in [6.07, 6.45) is 13.9. The molecule has 5 heterocycles. The molecule has 1 aliphatic carbocycles. The highest BCUT2D eigenvalue weighted by atomic mass is 16.5. The third kappa shape index (κ3) is 4.07. The molecule has 3 aromatic heterocycles. The van der Waals surface area contributed by atoms with Gasteiger partial charge in [0.2, 0.25) is 5.95 Å². The molecule has 0 amide bonds. The third-order valence-electron chi connectivity index (χ3n) is 6.96. The highest BCUT2D eigenvalue weighted by molar-refractivity contribution is 5.72. The number of ether oxygens (including phenoxy) is 2. The number of rotatable bonds is 5. The molecule has 0 radical (unpaired) electrons. The minimum Gasteiger partial charge on any atom is -0.488 e. The molecular formula is C24H27N7O2. The van der Waals surface area contributed by atoms with Crippen molar-refractivity contribution in [1.82, 2.24) is 19.6 Å². The van der Waals surface area contributed by atoms with Gasteiger partial charge < -0.3 is 19.7 Å². The number of aromatic nitrogens is 4. The number of nitrogens with zero attached hydrogens (tertiary/aromatic N) is 6. The lowest BCUT2D eigenvalue weighted by Crippen LogP contribution is -2.42. The maximum absolute atomic E-state index is 9.62. The fourth-order valence-corrected chi connectivity index (χ4v) is 5.30. The molecule has 2 unspecified atom stereocenters. The molecule has 3 aromatic rings. The summed E-state index contributed by atoms with van der Waals surface area (Å²) in [5.41, 5.74) is 2.35. The molecule has 6 rings (SSSR count). The summed E-state index contributed by atoms with van der Waals surface area (Å²) in [5, 5.41) is 17.5. The lowest BCUT2D eigenvalue weighted by atomic mass is 9.93. The summed E-state index contributed by atoms with van der Waals surface area (Å²) in [6.45, 7) is 1.76. The SMILES string of the molecule is N#Cc1cnn2cc(N3CC4CCC(C3)O4)cc(OC3CCC(Nc4ncccn4)CC3)c12. The van der Waals surface area contributed by atoms with E-state index in [1.807, 2.05) is 12.3 Å². The van der Waals surface area contributed by atoms with Gasteiger partial charge in [0.15, 0.2) is 0 Å². The van der Waals surface area contributed by atoms with Crippen LogP contribution in [0.2, 0.25) is 0 Å². The van der Waals surface area contributed by atoms with Crippen molar-refractivity contribution in [2.24, 2.45) is 0 Å². The van der Waals surface area contributed by atoms with Crippen molar-refractivity contribution in [3.8, 4) is 11.8 Å². The van der Waals surface area contributed by atoms with Gasteiger partial charge in [-0.1, -0.05) is 0 Å². The molecule has 1 saturated carbocycles. The first-order valence-corrected chi connectivity index (χ1v) is 11.8. The lowest BCUT2D eigenvalue weighted by Gasteiger charge is -2.34. The van der Waals surface area contributed by atoms with E-state index in [2.05, 4.69) is 37.4 Å². The molecule has 2 saturated heterocycles. The second-order valence-electron chi connectivity index (χ2n) is 9.20. The van der Waals surface area contributed by atoms with Crippen LogP contribution in [-0.4, -0.2) is 57.0 Å². The Morgan fingerprint density at radius 2 is 1.82 bits per heavy atom. The van der Waals surface area contributed by atoms with E-state index >= 15 is 0 Å². The number of hydrogen-bond acceptors (Lipinski definition) is 8. The van der Waals surface area contributed by atoms with Crippen LogP contribution in [0.1, 0.15) is 44.1 Å². The van der Waals surface area contributed by atoms with Crippen LogP contribution in [0.15, 0.2) is 36.9 Å². The standard InChI is InChI=1S/C24H27N7O2/c25-11-16-12-28-31-13-18(30-14-20-6-7-21(15-30)32-20)10-22(23(16)31)33-19-4-2-17(3-5-19)29-24-26-8-1-9-27-24/h1,8-10,12-13,17,19-21H,2-7,14-15H2,(H,26,27,29). The van der Waals surface area contributed by atoms with E-state index < -0.39 is 0 Å². The van der Waals surface area contributed by atoms with Gasteiger partial charge in [-0.05, 0) is 44.6 Å². The van der Waals surface area contributed by atoms with Crippen molar-refractivity contribution >= 4 is 17.2 Å². The van der Waals surface area contributed by atoms with Crippen molar-refractivity contribution in [2.45, 2.75) is 62.9 Å². The summed E-state index contributed by atoms with van der Waals surface area (Å²) < 4.78 is 14.3. The first-order valence-electron chi connectivity index (χ1n) is 11.8. The largest absolute Gasteiger partial charge is 0.488 e. The number of pyridine rings is 1. The van der Waals surface area contributed by atoms with Gasteiger partial charge in [0.25, 0.3) is 0 Å². The minimum atomic E-state index is 0.0982. The normalized spacial score (nSPS) is 26.8. The Labute approximate surface area is 192 Å². The summed E-state index contributed by atoms with van der Waals surface area (Å²) in [5.74, 6) is 1.41. The Hall–Kier alpha value is -3.38. The molecule has 1 N–H and O–H groups in total. The second kappa shape index (κ2) is 8.52. The third-order valence-corrected chi connectivity index (χ3v) is 6.96. The first kappa shape index (κ1) is 20.2. The second-order valence-corrected chi connectivity index (χ2v) is 9.20. The first-order chi connectivity index (χ1) is 16.2. The number of nitriles is 1. The van der Waals surface area contributed by atoms with E-state index in [1.54, 1.807) is 23.1 Å². The van der Waals surface area contributed by atoms with Gasteiger partial charge in [-0.25, -0.2) is 14.5 Å². The topological polar surface area (TPSA) is 101 Å². The zero-order valence-corrected chi connectivity index (χ0v) is 18.4. The Bertz CT molecular complexity index is 1150. The molecule has 0 aromatic carbocycles. The smallest absolute Gasteiger partial charge is 0.222 e. The molecule has 2 bridgehead atoms. The van der Waals surface area contributed by atoms with Crippen molar-refractivity contribution in [2.75, 3.05) is 23.3 Å². The van der Waals surface area contributed by atoms with Gasteiger partial charge in [-0.15, -0.1) is 0 Å². The van der Waals surface area contributed by atoms with Crippen LogP contribution >= 0.6 is 0 Å². The van der Waals surface area contributed by atoms with Crippen LogP contribution in [0.4, 0.5) is 11.6 Å². The number of hydrogen-bond donors (Lipinski definition) is 1. The fourth-order valence-electron chi connectivity index (χ4n) is 5.30. The monoisotopic (exact) mass is 445 g/mol. The predicted molar refractivity (Wildman–Crippen MR) is 122 cm³/mol. The van der Waals surface area contributed by atoms with Crippen LogP contribution in [0.5, 0.6) is 5.75 Å². The van der Waals surface area contributed by atoms with E-state index in [4.69, 9.17) is 9.47 Å². The van der Waals surface area contributed by atoms with Gasteiger partial charge >= 0.3 is 0 Å². The van der Waals surface area contributed by atoms with Gasteiger partial charge in [0, 0.05) is 37.6 Å². The van der Waals surface area contributed by atoms with Crippen molar-refractivity contribution in [3.63, 3.8) is 0 Å². The lowest BCUT2D eigenvalue weighted by molar-refractivity contribution is 0.0304. The average Bonchev–Trinajstić information content (AvgIpc) is 3.43. The molecule has 170 valence electrons. The highest BCUT2D eigenvalue weighted by Crippen LogP contribution is 2.35. The Kier molecular flexibility index (Phi) is 5.23. The molecule has 9 heteroatoms. The van der Waals surface area contributed by atoms with Crippen LogP contribution in [-0.2, 0) is 4.74 Å². The van der Waals surface area contributed by atoms with Gasteiger partial charge in [-0.2, -0.15) is 10.4 Å². The number of morpholine rings is 1. The van der Waals surface area contributed by atoms with Crippen LogP contribution in [0, 0.1) is 11.3 Å². The summed E-state index contributed by atoms with van der Waals surface area (Å²) in [6, 6.07) is 6.51. The summed E-state index contributed by atoms with van der Waals surface area (Å²) in [7, 11) is 0. The van der Waals surface area contributed by atoms with E-state index in [9.17, 15) is 5.26 Å². The van der Waals surface area contributed by atoms with Crippen LogP contribution in [0.3, 0.4) is 0 Å². The maximum Gasteiger partial charge on any atom is 0.222 e. The van der Waals surface area contributed by atoms with Crippen LogP contribution < -0.4 is 15.0 Å². The molecule has 33 heavy (non-hydrogen) atoms. The Morgan fingerprint density at radius 3 is 2.55 bits per heavy atom. The van der Waals surface area contributed by atoms with Gasteiger partial charge in [-0.3, -0.25) is 0 Å². The van der Waals surface area contributed by atoms with Gasteiger partial charge in [0.1, 0.15) is 22.9 Å². The summed E-state index contributed by atoms with van der Waals surface area (Å²) in [4.78, 5) is 10.9. The van der Waals surface area contributed by atoms with Gasteiger partial charge in [0.05, 0.1) is 36.4 Å². The molecule has 2 aliphatic heterocycles. The highest BCUT2D eigenvalue weighted by Gasteiger charge is 2.34. The van der Waals surface area contributed by atoms with Crippen molar-refractivity contribution in [1.29, 1.82) is 5.26 Å². The average molecular weight is 446 g/mol. The molecule has 3 aliphatic rings. The van der Waals surface area contributed by atoms with Crippen molar-refractivity contribution in [3.05, 3.63) is 42.5 Å². The Morgan fingerprint density at radius 1 is 1.06 bits per heavy atom. The maximum atomic E-state index is 9.62. The molecule has 2 atom stereocenters. The fraction of sp³-hybridized carbons (Fsp3) is 0.500. The van der Waals surface area contributed by atoms with E-state index in [1.165, 1.54) is 0 Å². The number of nitrogens with one attached hydrogen (secondary N) is 1. The quantitative estimate of drug-likeness (QED) is 0.639. The van der Waals surface area contributed by atoms with Crippen molar-refractivity contribution < 1.29 is 9.47 Å². The predicted octanol–water partition coefficient (Wildman–Crippen LogP) is 3.17. The Balaban J connectivity index is 1.20. The zero-order valence-electron chi connectivity index (χ0n) is 18.4. The van der Waals surface area contributed by atoms with E-state index in [0.717, 1.165) is 68.6 Å². The molecule has 3 fully saturated rings. The van der Waals surface area contributed by atoms with Crippen LogP contribution in [0.25, 0.3) is 5.52 Å². The molecular weight excluding hydrogens is 418 g/mol. The molecule has 9 nitrogen and oxygen atoms in total. The van der Waals surface area contributed by atoms with E-state index in [0.29, 0.717) is 29.8 Å². The zero-order chi connectivity index (χ0) is 22.2.